The lowest BCUT2D eigenvalue weighted by Gasteiger charge is -2.19. The Bertz CT molecular complexity index is 582. The van der Waals surface area contributed by atoms with Crippen molar-refractivity contribution >= 4 is 6.29 Å². The molecule has 4 heteroatoms. The Morgan fingerprint density at radius 3 is 2.40 bits per heavy atom. The van der Waals surface area contributed by atoms with Crippen LogP contribution in [-0.4, -0.2) is 23.2 Å². The number of aromatic nitrogens is 2. The van der Waals surface area contributed by atoms with Gasteiger partial charge < -0.3 is 4.74 Å². The minimum Gasteiger partial charge on any atom is -0.370 e. The number of ether oxygens (including phenoxy) is 1. The molecule has 1 aromatic carbocycles. The molecule has 2 rings (SSSR count). The van der Waals surface area contributed by atoms with Crippen molar-refractivity contribution in [1.29, 1.82) is 0 Å². The zero-order chi connectivity index (χ0) is 14.8. The van der Waals surface area contributed by atoms with Crippen molar-refractivity contribution in [3.05, 3.63) is 53.3 Å². The van der Waals surface area contributed by atoms with E-state index in [1.807, 2.05) is 51.1 Å². The Balaban J connectivity index is 2.50. The molecule has 1 heterocycles. The third kappa shape index (κ3) is 2.80. The molecule has 0 fully saturated rings. The molecule has 1 aromatic heterocycles. The molecule has 0 aliphatic heterocycles. The van der Waals surface area contributed by atoms with Crippen molar-refractivity contribution in [1.82, 2.24) is 9.78 Å². The zero-order valence-corrected chi connectivity index (χ0v) is 12.3. The third-order valence-corrected chi connectivity index (χ3v) is 3.17. The highest BCUT2D eigenvalue weighted by molar-refractivity contribution is 5.76. The zero-order valence-electron chi connectivity index (χ0n) is 12.3. The molecule has 0 radical (unpaired) electrons. The van der Waals surface area contributed by atoms with Crippen LogP contribution in [0, 0.1) is 0 Å². The van der Waals surface area contributed by atoms with Gasteiger partial charge in [0, 0.05) is 13.3 Å². The van der Waals surface area contributed by atoms with Gasteiger partial charge in [0.05, 0.1) is 11.1 Å². The quantitative estimate of drug-likeness (QED) is 0.803. The Kier molecular flexibility index (Phi) is 4.04. The second kappa shape index (κ2) is 5.59. The summed E-state index contributed by atoms with van der Waals surface area (Å²) in [5, 5.41) is 4.56. The monoisotopic (exact) mass is 272 g/mol. The highest BCUT2D eigenvalue weighted by Crippen LogP contribution is 2.27. The summed E-state index contributed by atoms with van der Waals surface area (Å²) in [7, 11) is 1.63. The first-order chi connectivity index (χ1) is 9.47. The number of hydrogen-bond acceptors (Lipinski definition) is 3. The number of carbonyl (C=O) groups is 1. The smallest absolute Gasteiger partial charge is 0.153 e. The van der Waals surface area contributed by atoms with Crippen LogP contribution in [0.2, 0.25) is 0 Å². The average Bonchev–Trinajstić information content (AvgIpc) is 2.85. The minimum absolute atomic E-state index is 0.176. The van der Waals surface area contributed by atoms with Crippen molar-refractivity contribution in [3.8, 4) is 0 Å². The summed E-state index contributed by atoms with van der Waals surface area (Å²) < 4.78 is 7.36. The standard InChI is InChI=1S/C16H20N2O2/c1-16(2,3)18-10-13(11-19)14(17-18)15(20-4)12-8-6-5-7-9-12/h5-11,15H,1-4H3. The fraction of sp³-hybridized carbons (Fsp3) is 0.375. The average molecular weight is 272 g/mol. The van der Waals surface area contributed by atoms with E-state index in [1.165, 1.54) is 0 Å². The first-order valence-electron chi connectivity index (χ1n) is 6.60. The van der Waals surface area contributed by atoms with Gasteiger partial charge in [0.15, 0.2) is 6.29 Å². The Labute approximate surface area is 119 Å². The lowest BCUT2D eigenvalue weighted by molar-refractivity contribution is 0.110. The molecule has 0 aliphatic carbocycles. The van der Waals surface area contributed by atoms with Gasteiger partial charge in [-0.2, -0.15) is 5.10 Å². The first kappa shape index (κ1) is 14.5. The fourth-order valence-electron chi connectivity index (χ4n) is 2.07. The predicted molar refractivity (Wildman–Crippen MR) is 77.9 cm³/mol. The van der Waals surface area contributed by atoms with E-state index in [2.05, 4.69) is 5.10 Å². The molecule has 0 saturated heterocycles. The summed E-state index contributed by atoms with van der Waals surface area (Å²) >= 11 is 0. The lowest BCUT2D eigenvalue weighted by Crippen LogP contribution is -2.22. The van der Waals surface area contributed by atoms with E-state index in [0.717, 1.165) is 11.8 Å². The second-order valence-corrected chi connectivity index (χ2v) is 5.73. The Morgan fingerprint density at radius 2 is 1.90 bits per heavy atom. The molecule has 1 unspecified atom stereocenters. The molecule has 2 aromatic rings. The van der Waals surface area contributed by atoms with Crippen molar-refractivity contribution in [2.75, 3.05) is 7.11 Å². The largest absolute Gasteiger partial charge is 0.370 e. The van der Waals surface area contributed by atoms with Crippen molar-refractivity contribution < 1.29 is 9.53 Å². The summed E-state index contributed by atoms with van der Waals surface area (Å²) in [6.07, 6.45) is 2.27. The van der Waals surface area contributed by atoms with Gasteiger partial charge in [-0.3, -0.25) is 9.48 Å². The van der Waals surface area contributed by atoms with Gasteiger partial charge in [0.25, 0.3) is 0 Å². The molecule has 0 spiro atoms. The molecule has 106 valence electrons. The van der Waals surface area contributed by atoms with Gasteiger partial charge in [-0.05, 0) is 26.3 Å². The van der Waals surface area contributed by atoms with Crippen LogP contribution in [0.4, 0.5) is 0 Å². The van der Waals surface area contributed by atoms with E-state index in [-0.39, 0.29) is 11.6 Å². The maximum absolute atomic E-state index is 11.3. The maximum atomic E-state index is 11.3. The van der Waals surface area contributed by atoms with E-state index in [9.17, 15) is 4.79 Å². The van der Waals surface area contributed by atoms with Crippen LogP contribution < -0.4 is 0 Å². The summed E-state index contributed by atoms with van der Waals surface area (Å²) in [4.78, 5) is 11.3. The molecular formula is C16H20N2O2. The topological polar surface area (TPSA) is 44.1 Å². The van der Waals surface area contributed by atoms with Gasteiger partial charge in [0.1, 0.15) is 11.8 Å². The first-order valence-corrected chi connectivity index (χ1v) is 6.60. The van der Waals surface area contributed by atoms with Crippen LogP contribution in [-0.2, 0) is 10.3 Å². The van der Waals surface area contributed by atoms with Gasteiger partial charge in [-0.15, -0.1) is 0 Å². The number of nitrogens with zero attached hydrogens (tertiary/aromatic N) is 2. The van der Waals surface area contributed by atoms with Gasteiger partial charge in [-0.1, -0.05) is 30.3 Å². The summed E-state index contributed by atoms with van der Waals surface area (Å²) in [6.45, 7) is 6.13. The van der Waals surface area contributed by atoms with Crippen LogP contribution in [0.1, 0.15) is 48.5 Å². The minimum atomic E-state index is -0.333. The highest BCUT2D eigenvalue weighted by Gasteiger charge is 2.24. The number of aldehydes is 1. The van der Waals surface area contributed by atoms with E-state index < -0.39 is 0 Å². The van der Waals surface area contributed by atoms with Gasteiger partial charge >= 0.3 is 0 Å². The van der Waals surface area contributed by atoms with Crippen LogP contribution >= 0.6 is 0 Å². The van der Waals surface area contributed by atoms with E-state index >= 15 is 0 Å². The van der Waals surface area contributed by atoms with Crippen molar-refractivity contribution in [3.63, 3.8) is 0 Å². The number of hydrogen-bond donors (Lipinski definition) is 0. The summed E-state index contributed by atoms with van der Waals surface area (Å²) in [5.74, 6) is 0. The SMILES string of the molecule is COC(c1ccccc1)c1nn(C(C)(C)C)cc1C=O. The maximum Gasteiger partial charge on any atom is 0.153 e. The summed E-state index contributed by atoms with van der Waals surface area (Å²) in [5.41, 5.74) is 2.03. The van der Waals surface area contributed by atoms with E-state index in [0.29, 0.717) is 11.3 Å². The molecule has 0 bridgehead atoms. The van der Waals surface area contributed by atoms with Crippen molar-refractivity contribution in [2.45, 2.75) is 32.4 Å². The second-order valence-electron chi connectivity index (χ2n) is 5.73. The highest BCUT2D eigenvalue weighted by atomic mass is 16.5. The molecule has 0 N–H and O–H groups in total. The number of rotatable bonds is 4. The fourth-order valence-corrected chi connectivity index (χ4v) is 2.07. The lowest BCUT2D eigenvalue weighted by atomic mass is 10.0. The van der Waals surface area contributed by atoms with E-state index in [1.54, 1.807) is 18.0 Å². The number of carbonyl (C=O) groups excluding carboxylic acids is 1. The van der Waals surface area contributed by atoms with Gasteiger partial charge in [-0.25, -0.2) is 0 Å². The molecular weight excluding hydrogens is 252 g/mol. The van der Waals surface area contributed by atoms with Crippen LogP contribution in [0.15, 0.2) is 36.5 Å². The Morgan fingerprint density at radius 1 is 1.25 bits per heavy atom. The number of benzene rings is 1. The molecule has 20 heavy (non-hydrogen) atoms. The van der Waals surface area contributed by atoms with Crippen LogP contribution in [0.25, 0.3) is 0 Å². The molecule has 4 nitrogen and oxygen atoms in total. The molecule has 0 aliphatic rings. The Hall–Kier alpha value is -1.94. The van der Waals surface area contributed by atoms with Crippen molar-refractivity contribution in [2.24, 2.45) is 0 Å². The number of methoxy groups -OCH3 is 1. The van der Waals surface area contributed by atoms with Crippen LogP contribution in [0.3, 0.4) is 0 Å². The molecule has 1 atom stereocenters. The normalized spacial score (nSPS) is 13.2. The molecule has 0 saturated carbocycles. The third-order valence-electron chi connectivity index (χ3n) is 3.17. The summed E-state index contributed by atoms with van der Waals surface area (Å²) in [6, 6.07) is 9.79. The van der Waals surface area contributed by atoms with Crippen LogP contribution in [0.5, 0.6) is 0 Å². The predicted octanol–water partition coefficient (Wildman–Crippen LogP) is 3.19. The van der Waals surface area contributed by atoms with E-state index in [4.69, 9.17) is 4.74 Å². The molecule has 0 amide bonds. The van der Waals surface area contributed by atoms with Gasteiger partial charge in [0.2, 0.25) is 0 Å².